The first kappa shape index (κ1) is 34.2. The maximum Gasteiger partial charge on any atom is 0.123 e. The molecule has 0 saturated heterocycles. The van der Waals surface area contributed by atoms with Gasteiger partial charge in [-0.1, -0.05) is 126 Å². The van der Waals surface area contributed by atoms with Gasteiger partial charge >= 0.3 is 0 Å². The van der Waals surface area contributed by atoms with E-state index in [1.54, 1.807) is 0 Å². The highest BCUT2D eigenvalue weighted by atomic mass is 16.3. The van der Waals surface area contributed by atoms with Crippen molar-refractivity contribution in [3.63, 3.8) is 0 Å². The van der Waals surface area contributed by atoms with E-state index in [1.807, 2.05) is 0 Å². The van der Waals surface area contributed by atoms with E-state index in [1.165, 1.54) is 11.1 Å². The van der Waals surface area contributed by atoms with Crippen LogP contribution in [0, 0.1) is 0 Å². The van der Waals surface area contributed by atoms with Crippen molar-refractivity contribution in [1.82, 2.24) is 0 Å². The molecule has 4 aromatic rings. The van der Waals surface area contributed by atoms with E-state index in [9.17, 15) is 10.2 Å². The summed E-state index contributed by atoms with van der Waals surface area (Å²) in [5.41, 5.74) is 8.42. The number of nitrogens with one attached hydrogen (secondary N) is 1. The second-order valence-electron chi connectivity index (χ2n) is 16.9. The molecular formula is C42H55NO2. The predicted molar refractivity (Wildman–Crippen MR) is 192 cm³/mol. The molecule has 0 spiro atoms. The fourth-order valence-corrected chi connectivity index (χ4v) is 6.01. The Bertz CT molecular complexity index is 1470. The van der Waals surface area contributed by atoms with Crippen LogP contribution in [0.15, 0.2) is 78.9 Å². The van der Waals surface area contributed by atoms with Gasteiger partial charge in [0.05, 0.1) is 6.04 Å². The molecule has 0 aromatic heterocycles. The van der Waals surface area contributed by atoms with E-state index in [2.05, 4.69) is 167 Å². The van der Waals surface area contributed by atoms with Gasteiger partial charge in [-0.05, 0) is 109 Å². The minimum absolute atomic E-state index is 0.226. The summed E-state index contributed by atoms with van der Waals surface area (Å²) in [6, 6.07) is 27.7. The molecule has 0 atom stereocenters. The van der Waals surface area contributed by atoms with Gasteiger partial charge in [-0.2, -0.15) is 0 Å². The van der Waals surface area contributed by atoms with Crippen molar-refractivity contribution in [1.29, 1.82) is 0 Å². The molecule has 0 saturated carbocycles. The van der Waals surface area contributed by atoms with E-state index in [0.29, 0.717) is 11.5 Å². The Morgan fingerprint density at radius 3 is 1.16 bits per heavy atom. The molecule has 0 unspecified atom stereocenters. The van der Waals surface area contributed by atoms with Gasteiger partial charge in [0.2, 0.25) is 0 Å². The molecule has 0 fully saturated rings. The summed E-state index contributed by atoms with van der Waals surface area (Å²) in [7, 11) is 0. The second kappa shape index (κ2) is 12.2. The first-order chi connectivity index (χ1) is 20.7. The highest BCUT2D eigenvalue weighted by Crippen LogP contribution is 2.45. The van der Waals surface area contributed by atoms with E-state index in [0.717, 1.165) is 45.5 Å². The molecule has 45 heavy (non-hydrogen) atoms. The molecule has 3 N–H and O–H groups in total. The van der Waals surface area contributed by atoms with Crippen LogP contribution in [-0.4, -0.2) is 10.2 Å². The van der Waals surface area contributed by atoms with Gasteiger partial charge in [-0.3, -0.25) is 0 Å². The number of benzene rings is 4. The van der Waals surface area contributed by atoms with Crippen LogP contribution in [0.25, 0.3) is 0 Å². The fraction of sp³-hybridized carbons (Fsp3) is 0.429. The zero-order chi connectivity index (χ0) is 33.5. The molecule has 0 radical (unpaired) electrons. The van der Waals surface area contributed by atoms with E-state index in [4.69, 9.17) is 0 Å². The summed E-state index contributed by atoms with van der Waals surface area (Å²) in [5.74, 6) is 0.749. The Kier molecular flexibility index (Phi) is 9.29. The van der Waals surface area contributed by atoms with Gasteiger partial charge in [0.25, 0.3) is 0 Å². The molecule has 0 bridgehead atoms. The summed E-state index contributed by atoms with van der Waals surface area (Å²) >= 11 is 0. The number of phenols is 2. The third kappa shape index (κ3) is 7.93. The average molecular weight is 606 g/mol. The van der Waals surface area contributed by atoms with Crippen LogP contribution in [0.1, 0.15) is 134 Å². The molecule has 4 aromatic carbocycles. The third-order valence-corrected chi connectivity index (χ3v) is 8.68. The van der Waals surface area contributed by atoms with Crippen LogP contribution < -0.4 is 5.32 Å². The quantitative estimate of drug-likeness (QED) is 0.205. The topological polar surface area (TPSA) is 52.5 Å². The van der Waals surface area contributed by atoms with E-state index in [-0.39, 0.29) is 27.7 Å². The fourth-order valence-electron chi connectivity index (χ4n) is 6.01. The molecule has 3 nitrogen and oxygen atoms in total. The van der Waals surface area contributed by atoms with Crippen molar-refractivity contribution in [3.05, 3.63) is 123 Å². The summed E-state index contributed by atoms with van der Waals surface area (Å²) in [6.45, 7) is 25.9. The van der Waals surface area contributed by atoms with Crippen LogP contribution in [0.4, 0.5) is 5.69 Å². The molecule has 3 heteroatoms. The van der Waals surface area contributed by atoms with Crippen molar-refractivity contribution in [2.45, 2.75) is 117 Å². The Morgan fingerprint density at radius 2 is 0.822 bits per heavy atom. The summed E-state index contributed by atoms with van der Waals surface area (Å²) in [4.78, 5) is 0. The van der Waals surface area contributed by atoms with Gasteiger partial charge in [-0.15, -0.1) is 0 Å². The smallest absolute Gasteiger partial charge is 0.123 e. The molecule has 0 aliphatic carbocycles. The predicted octanol–water partition coefficient (Wildman–Crippen LogP) is 11.1. The van der Waals surface area contributed by atoms with Crippen LogP contribution in [0.5, 0.6) is 11.5 Å². The van der Waals surface area contributed by atoms with Gasteiger partial charge in [0, 0.05) is 5.69 Å². The first-order valence-corrected chi connectivity index (χ1v) is 16.3. The van der Waals surface area contributed by atoms with Crippen molar-refractivity contribution < 1.29 is 10.2 Å². The zero-order valence-electron chi connectivity index (χ0n) is 29.7. The van der Waals surface area contributed by atoms with Crippen LogP contribution in [0.2, 0.25) is 0 Å². The molecule has 0 heterocycles. The van der Waals surface area contributed by atoms with Crippen molar-refractivity contribution in [2.75, 3.05) is 5.32 Å². The molecular weight excluding hydrogens is 550 g/mol. The third-order valence-electron chi connectivity index (χ3n) is 8.68. The lowest BCUT2D eigenvalue weighted by molar-refractivity contribution is 0.422. The molecule has 0 amide bonds. The normalized spacial score (nSPS) is 12.9. The maximum absolute atomic E-state index is 11.6. The number of phenolic OH excluding ortho intramolecular Hbond substituents is 2. The lowest BCUT2D eigenvalue weighted by Gasteiger charge is -2.33. The lowest BCUT2D eigenvalue weighted by atomic mass is 9.75. The van der Waals surface area contributed by atoms with Crippen molar-refractivity contribution in [3.8, 4) is 11.5 Å². The van der Waals surface area contributed by atoms with Gasteiger partial charge < -0.3 is 15.5 Å². The first-order valence-electron chi connectivity index (χ1n) is 16.3. The Balaban J connectivity index is 1.95. The zero-order valence-corrected chi connectivity index (χ0v) is 29.7. The second-order valence-corrected chi connectivity index (χ2v) is 16.9. The van der Waals surface area contributed by atoms with Crippen LogP contribution in [0.3, 0.4) is 0 Å². The largest absolute Gasteiger partial charge is 0.507 e. The summed E-state index contributed by atoms with van der Waals surface area (Å²) in [6.07, 6.45) is 0.883. The number of hydrogen-bond acceptors (Lipinski definition) is 3. The molecule has 240 valence electrons. The molecule has 0 aliphatic rings. The average Bonchev–Trinajstić information content (AvgIpc) is 2.91. The Labute approximate surface area is 272 Å². The number of anilines is 1. The van der Waals surface area contributed by atoms with Crippen LogP contribution in [-0.2, 0) is 28.1 Å². The minimum Gasteiger partial charge on any atom is -0.507 e. The molecule has 0 aliphatic heterocycles. The summed E-state index contributed by atoms with van der Waals surface area (Å²) in [5, 5.41) is 27.0. The van der Waals surface area contributed by atoms with E-state index < -0.39 is 0 Å². The SMILES string of the molecule is CC(C)(C)c1cc(C(Nc2ccc(Cc3ccccc3)cc2)c2cc(C(C)(C)C)c(O)c(C(C)(C)C)c2)cc(C(C)(C)C)c1O. The summed E-state index contributed by atoms with van der Waals surface area (Å²) < 4.78 is 0. The van der Waals surface area contributed by atoms with Gasteiger partial charge in [-0.25, -0.2) is 0 Å². The van der Waals surface area contributed by atoms with Crippen molar-refractivity contribution in [2.24, 2.45) is 0 Å². The van der Waals surface area contributed by atoms with Crippen molar-refractivity contribution >= 4 is 5.69 Å². The highest BCUT2D eigenvalue weighted by Gasteiger charge is 2.32. The standard InChI is InChI=1S/C42H55NO2/c1-39(2,3)32-23-29(24-33(37(32)44)40(4,5)6)36(30-25-34(41(7,8)9)38(45)35(26-30)42(10,11)12)43-31-20-18-28(19-21-31)22-27-16-14-13-15-17-27/h13-21,23-26,36,43-45H,22H2,1-12H3. The van der Waals surface area contributed by atoms with Crippen LogP contribution >= 0.6 is 0 Å². The highest BCUT2D eigenvalue weighted by molar-refractivity contribution is 5.58. The monoisotopic (exact) mass is 605 g/mol. The maximum atomic E-state index is 11.6. The number of aromatic hydroxyl groups is 2. The Morgan fingerprint density at radius 1 is 0.489 bits per heavy atom. The lowest BCUT2D eigenvalue weighted by Crippen LogP contribution is -2.22. The number of hydrogen-bond donors (Lipinski definition) is 3. The van der Waals surface area contributed by atoms with E-state index >= 15 is 0 Å². The number of rotatable bonds is 6. The Hall–Kier alpha value is -3.72. The molecule has 4 rings (SSSR count). The van der Waals surface area contributed by atoms with Gasteiger partial charge in [0.15, 0.2) is 0 Å². The van der Waals surface area contributed by atoms with Gasteiger partial charge in [0.1, 0.15) is 11.5 Å². The minimum atomic E-state index is -0.258.